The average Bonchev–Trinajstić information content (AvgIpc) is 2.64. The van der Waals surface area contributed by atoms with Crippen LogP contribution in [0, 0.1) is 0 Å². The van der Waals surface area contributed by atoms with Crippen molar-refractivity contribution in [3.63, 3.8) is 0 Å². The van der Waals surface area contributed by atoms with Crippen LogP contribution in [0.1, 0.15) is 36.4 Å². The fourth-order valence-electron chi connectivity index (χ4n) is 2.34. The standard InChI is InChI=1S/C13H20O2S/c1-3-11-4-5-12(16-11)9-13(14)6-7-15-10(2)8-13/h4-5,10,14H,3,6-9H2,1-2H3. The van der Waals surface area contributed by atoms with Crippen LogP contribution < -0.4 is 0 Å². The molecule has 1 aromatic heterocycles. The van der Waals surface area contributed by atoms with Gasteiger partial charge in [0.05, 0.1) is 11.7 Å². The molecule has 0 radical (unpaired) electrons. The van der Waals surface area contributed by atoms with Crippen LogP contribution in [0.4, 0.5) is 0 Å². The Hall–Kier alpha value is -0.380. The van der Waals surface area contributed by atoms with Crippen LogP contribution in [0.3, 0.4) is 0 Å². The number of thiophene rings is 1. The fourth-order valence-corrected chi connectivity index (χ4v) is 3.43. The summed E-state index contributed by atoms with van der Waals surface area (Å²) in [6, 6.07) is 4.33. The van der Waals surface area contributed by atoms with E-state index in [1.165, 1.54) is 9.75 Å². The summed E-state index contributed by atoms with van der Waals surface area (Å²) < 4.78 is 5.48. The highest BCUT2D eigenvalue weighted by Gasteiger charge is 2.33. The molecular weight excluding hydrogens is 220 g/mol. The lowest BCUT2D eigenvalue weighted by molar-refractivity contribution is -0.0957. The number of ether oxygens (including phenoxy) is 1. The molecule has 0 aliphatic carbocycles. The van der Waals surface area contributed by atoms with Gasteiger partial charge in [-0.25, -0.2) is 0 Å². The molecule has 1 N–H and O–H groups in total. The molecule has 16 heavy (non-hydrogen) atoms. The number of rotatable bonds is 3. The van der Waals surface area contributed by atoms with Crippen LogP contribution in [0.15, 0.2) is 12.1 Å². The molecule has 0 spiro atoms. The molecule has 0 saturated carbocycles. The third kappa shape index (κ3) is 2.84. The van der Waals surface area contributed by atoms with Gasteiger partial charge in [-0.05, 0) is 31.9 Å². The van der Waals surface area contributed by atoms with Crippen LogP contribution in [-0.4, -0.2) is 23.4 Å². The molecule has 2 heterocycles. The van der Waals surface area contributed by atoms with Crippen molar-refractivity contribution in [3.8, 4) is 0 Å². The zero-order chi connectivity index (χ0) is 11.6. The lowest BCUT2D eigenvalue weighted by atomic mass is 9.87. The number of hydrogen-bond acceptors (Lipinski definition) is 3. The van der Waals surface area contributed by atoms with Crippen LogP contribution in [0.25, 0.3) is 0 Å². The summed E-state index contributed by atoms with van der Waals surface area (Å²) in [5.41, 5.74) is -0.548. The maximum atomic E-state index is 10.5. The third-order valence-electron chi connectivity index (χ3n) is 3.21. The normalized spacial score (nSPS) is 30.6. The van der Waals surface area contributed by atoms with Gasteiger partial charge in [0.2, 0.25) is 0 Å². The molecule has 0 aromatic carbocycles. The topological polar surface area (TPSA) is 29.5 Å². The van der Waals surface area contributed by atoms with Crippen molar-refractivity contribution in [1.82, 2.24) is 0 Å². The second-order valence-electron chi connectivity index (χ2n) is 4.76. The van der Waals surface area contributed by atoms with E-state index in [1.54, 1.807) is 0 Å². The summed E-state index contributed by atoms with van der Waals surface area (Å²) in [6.07, 6.45) is 3.57. The van der Waals surface area contributed by atoms with Crippen molar-refractivity contribution < 1.29 is 9.84 Å². The molecule has 3 heteroatoms. The lowest BCUT2D eigenvalue weighted by Gasteiger charge is -2.35. The second kappa shape index (κ2) is 4.86. The number of hydrogen-bond donors (Lipinski definition) is 1. The summed E-state index contributed by atoms with van der Waals surface area (Å²) in [4.78, 5) is 2.70. The van der Waals surface area contributed by atoms with E-state index in [9.17, 15) is 5.11 Å². The largest absolute Gasteiger partial charge is 0.389 e. The zero-order valence-electron chi connectivity index (χ0n) is 10.0. The Bertz CT molecular complexity index is 347. The van der Waals surface area contributed by atoms with Crippen molar-refractivity contribution in [1.29, 1.82) is 0 Å². The van der Waals surface area contributed by atoms with E-state index in [0.717, 1.165) is 25.7 Å². The maximum Gasteiger partial charge on any atom is 0.0742 e. The van der Waals surface area contributed by atoms with Crippen molar-refractivity contribution in [2.24, 2.45) is 0 Å². The zero-order valence-corrected chi connectivity index (χ0v) is 10.8. The summed E-state index contributed by atoms with van der Waals surface area (Å²) in [6.45, 7) is 4.89. The Labute approximate surface area is 101 Å². The van der Waals surface area contributed by atoms with Gasteiger partial charge in [0.1, 0.15) is 0 Å². The molecule has 2 atom stereocenters. The molecule has 90 valence electrons. The molecule has 0 amide bonds. The highest BCUT2D eigenvalue weighted by Crippen LogP contribution is 2.30. The minimum atomic E-state index is -0.548. The molecule has 1 saturated heterocycles. The minimum Gasteiger partial charge on any atom is -0.389 e. The van der Waals surface area contributed by atoms with Crippen LogP contribution >= 0.6 is 11.3 Å². The van der Waals surface area contributed by atoms with Crippen molar-refractivity contribution >= 4 is 11.3 Å². The van der Waals surface area contributed by atoms with E-state index >= 15 is 0 Å². The molecule has 1 aromatic rings. The van der Waals surface area contributed by atoms with Gasteiger partial charge in [-0.3, -0.25) is 0 Å². The highest BCUT2D eigenvalue weighted by atomic mass is 32.1. The summed E-state index contributed by atoms with van der Waals surface area (Å²) >= 11 is 1.83. The van der Waals surface area contributed by atoms with Crippen molar-refractivity contribution in [2.75, 3.05) is 6.61 Å². The van der Waals surface area contributed by atoms with E-state index in [2.05, 4.69) is 19.1 Å². The van der Waals surface area contributed by atoms with Gasteiger partial charge < -0.3 is 9.84 Å². The summed E-state index contributed by atoms with van der Waals surface area (Å²) in [7, 11) is 0. The predicted octanol–water partition coefficient (Wildman–Crippen LogP) is 2.78. The molecule has 1 aliphatic rings. The van der Waals surface area contributed by atoms with Crippen molar-refractivity contribution in [2.45, 2.75) is 51.2 Å². The smallest absolute Gasteiger partial charge is 0.0742 e. The van der Waals surface area contributed by atoms with Gasteiger partial charge in [-0.1, -0.05) is 6.92 Å². The maximum absolute atomic E-state index is 10.5. The van der Waals surface area contributed by atoms with Crippen molar-refractivity contribution in [3.05, 3.63) is 21.9 Å². The van der Waals surface area contributed by atoms with E-state index < -0.39 is 5.60 Å². The Morgan fingerprint density at radius 1 is 1.50 bits per heavy atom. The SMILES string of the molecule is CCc1ccc(CC2(O)CCOC(C)C2)s1. The van der Waals surface area contributed by atoms with Crippen LogP contribution in [0.5, 0.6) is 0 Å². The molecular formula is C13H20O2S. The van der Waals surface area contributed by atoms with E-state index in [-0.39, 0.29) is 6.10 Å². The first-order valence-corrected chi connectivity index (χ1v) is 6.84. The second-order valence-corrected chi connectivity index (χ2v) is 6.01. The molecule has 1 fully saturated rings. The van der Waals surface area contributed by atoms with Gasteiger partial charge in [0.25, 0.3) is 0 Å². The van der Waals surface area contributed by atoms with Gasteiger partial charge in [0.15, 0.2) is 0 Å². The number of aryl methyl sites for hydroxylation is 1. The Kier molecular flexibility index (Phi) is 3.67. The van der Waals surface area contributed by atoms with Gasteiger partial charge >= 0.3 is 0 Å². The first-order chi connectivity index (χ1) is 7.61. The lowest BCUT2D eigenvalue weighted by Crippen LogP contribution is -2.41. The molecule has 2 nitrogen and oxygen atoms in total. The molecule has 0 bridgehead atoms. The minimum absolute atomic E-state index is 0.185. The van der Waals surface area contributed by atoms with E-state index in [4.69, 9.17) is 4.74 Å². The molecule has 2 unspecified atom stereocenters. The predicted molar refractivity (Wildman–Crippen MR) is 67.0 cm³/mol. The molecule has 1 aliphatic heterocycles. The third-order valence-corrected chi connectivity index (χ3v) is 4.44. The highest BCUT2D eigenvalue weighted by molar-refractivity contribution is 7.12. The summed E-state index contributed by atoms with van der Waals surface area (Å²) in [5, 5.41) is 10.5. The Morgan fingerprint density at radius 3 is 2.88 bits per heavy atom. The Morgan fingerprint density at radius 2 is 2.25 bits per heavy atom. The van der Waals surface area contributed by atoms with E-state index in [0.29, 0.717) is 6.61 Å². The summed E-state index contributed by atoms with van der Waals surface area (Å²) in [5.74, 6) is 0. The Balaban J connectivity index is 2.02. The monoisotopic (exact) mass is 240 g/mol. The van der Waals surface area contributed by atoms with Crippen LogP contribution in [0.2, 0.25) is 0 Å². The van der Waals surface area contributed by atoms with Crippen LogP contribution in [-0.2, 0) is 17.6 Å². The van der Waals surface area contributed by atoms with Gasteiger partial charge in [-0.2, -0.15) is 0 Å². The van der Waals surface area contributed by atoms with Gasteiger partial charge in [0, 0.05) is 29.2 Å². The quantitative estimate of drug-likeness (QED) is 0.880. The average molecular weight is 240 g/mol. The molecule has 2 rings (SSSR count). The van der Waals surface area contributed by atoms with E-state index in [1.807, 2.05) is 18.3 Å². The number of aliphatic hydroxyl groups is 1. The first-order valence-electron chi connectivity index (χ1n) is 6.03. The van der Waals surface area contributed by atoms with Gasteiger partial charge in [-0.15, -0.1) is 11.3 Å². The first kappa shape index (κ1) is 12.1. The fraction of sp³-hybridized carbons (Fsp3) is 0.692.